The van der Waals surface area contributed by atoms with Crippen molar-refractivity contribution in [3.8, 4) is 5.75 Å². The molecular formula is C23H22ClN3O4. The molecule has 0 saturated carbocycles. The van der Waals surface area contributed by atoms with Gasteiger partial charge >= 0.3 is 0 Å². The van der Waals surface area contributed by atoms with Crippen LogP contribution in [-0.2, 0) is 0 Å². The number of carbonyl (C=O) groups excluding carboxylic acids is 2. The SMILES string of the molecule is COc1cccc(C(=O)Nc2ccc(N3CCN(C(=O)c4ccco4)CC3)c(Cl)c2)c1. The number of hydrogen-bond donors (Lipinski definition) is 1. The number of anilines is 2. The van der Waals surface area contributed by atoms with Crippen molar-refractivity contribution in [2.24, 2.45) is 0 Å². The molecule has 0 spiro atoms. The normalized spacial score (nSPS) is 13.7. The third kappa shape index (κ3) is 4.67. The van der Waals surface area contributed by atoms with Crippen LogP contribution in [0.5, 0.6) is 5.75 Å². The van der Waals surface area contributed by atoms with Crippen molar-refractivity contribution in [2.75, 3.05) is 43.5 Å². The number of halogens is 1. The number of benzene rings is 2. The molecule has 2 amide bonds. The summed E-state index contributed by atoms with van der Waals surface area (Å²) in [4.78, 5) is 28.8. The van der Waals surface area contributed by atoms with Gasteiger partial charge in [-0.3, -0.25) is 9.59 Å². The number of ether oxygens (including phenoxy) is 1. The van der Waals surface area contributed by atoms with Crippen molar-refractivity contribution in [3.63, 3.8) is 0 Å². The molecule has 1 fully saturated rings. The Morgan fingerprint density at radius 2 is 1.84 bits per heavy atom. The highest BCUT2D eigenvalue weighted by Gasteiger charge is 2.24. The number of methoxy groups -OCH3 is 1. The van der Waals surface area contributed by atoms with Gasteiger partial charge in [0.05, 0.1) is 24.1 Å². The fourth-order valence-corrected chi connectivity index (χ4v) is 3.82. The van der Waals surface area contributed by atoms with E-state index in [1.165, 1.54) is 6.26 Å². The molecule has 1 aromatic heterocycles. The maximum atomic E-state index is 12.5. The van der Waals surface area contributed by atoms with Crippen LogP contribution in [0.4, 0.5) is 11.4 Å². The van der Waals surface area contributed by atoms with E-state index in [0.29, 0.717) is 54.0 Å². The van der Waals surface area contributed by atoms with Crippen LogP contribution in [0, 0.1) is 0 Å². The van der Waals surface area contributed by atoms with E-state index < -0.39 is 0 Å². The Morgan fingerprint density at radius 1 is 1.03 bits per heavy atom. The Morgan fingerprint density at radius 3 is 2.52 bits per heavy atom. The van der Waals surface area contributed by atoms with E-state index in [1.54, 1.807) is 54.5 Å². The maximum Gasteiger partial charge on any atom is 0.289 e. The minimum absolute atomic E-state index is 0.105. The van der Waals surface area contributed by atoms with Crippen LogP contribution in [0.2, 0.25) is 5.02 Å². The van der Waals surface area contributed by atoms with Crippen molar-refractivity contribution in [3.05, 3.63) is 77.2 Å². The second-order valence-corrected chi connectivity index (χ2v) is 7.52. The second kappa shape index (κ2) is 9.14. The summed E-state index contributed by atoms with van der Waals surface area (Å²) in [5.74, 6) is 0.618. The molecule has 2 heterocycles. The van der Waals surface area contributed by atoms with Gasteiger partial charge in [0.2, 0.25) is 0 Å². The third-order valence-corrected chi connectivity index (χ3v) is 5.48. The quantitative estimate of drug-likeness (QED) is 0.646. The van der Waals surface area contributed by atoms with Crippen LogP contribution < -0.4 is 15.0 Å². The summed E-state index contributed by atoms with van der Waals surface area (Å²) < 4.78 is 10.4. The van der Waals surface area contributed by atoms with E-state index in [4.69, 9.17) is 20.8 Å². The number of nitrogens with one attached hydrogen (secondary N) is 1. The molecule has 7 nitrogen and oxygen atoms in total. The van der Waals surface area contributed by atoms with Gasteiger partial charge in [-0.1, -0.05) is 17.7 Å². The first-order valence-corrected chi connectivity index (χ1v) is 10.3. The topological polar surface area (TPSA) is 75.0 Å². The number of furan rings is 1. The second-order valence-electron chi connectivity index (χ2n) is 7.11. The molecule has 0 bridgehead atoms. The largest absolute Gasteiger partial charge is 0.497 e. The van der Waals surface area contributed by atoms with Crippen molar-refractivity contribution >= 4 is 34.8 Å². The highest BCUT2D eigenvalue weighted by atomic mass is 35.5. The van der Waals surface area contributed by atoms with E-state index in [9.17, 15) is 9.59 Å². The number of rotatable bonds is 5. The van der Waals surface area contributed by atoms with Gasteiger partial charge < -0.3 is 24.3 Å². The summed E-state index contributed by atoms with van der Waals surface area (Å²) >= 11 is 6.51. The highest BCUT2D eigenvalue weighted by Crippen LogP contribution is 2.30. The molecule has 0 aliphatic carbocycles. The van der Waals surface area contributed by atoms with Crippen molar-refractivity contribution < 1.29 is 18.7 Å². The van der Waals surface area contributed by atoms with Crippen LogP contribution in [0.3, 0.4) is 0 Å². The lowest BCUT2D eigenvalue weighted by atomic mass is 10.2. The van der Waals surface area contributed by atoms with E-state index in [2.05, 4.69) is 10.2 Å². The summed E-state index contributed by atoms with van der Waals surface area (Å²) in [5.41, 5.74) is 1.97. The minimum atomic E-state index is -0.243. The van der Waals surface area contributed by atoms with Gasteiger partial charge in [-0.05, 0) is 48.5 Å². The number of piperazine rings is 1. The first-order chi connectivity index (χ1) is 15.0. The lowest BCUT2D eigenvalue weighted by Crippen LogP contribution is -2.48. The average Bonchev–Trinajstić information content (AvgIpc) is 3.34. The first-order valence-electron chi connectivity index (χ1n) is 9.88. The zero-order chi connectivity index (χ0) is 21.8. The van der Waals surface area contributed by atoms with Gasteiger partial charge in [-0.2, -0.15) is 0 Å². The summed E-state index contributed by atoms with van der Waals surface area (Å²) in [6.45, 7) is 2.46. The molecule has 2 aromatic carbocycles. The zero-order valence-electron chi connectivity index (χ0n) is 17.0. The molecule has 8 heteroatoms. The standard InChI is InChI=1S/C23H22ClN3O4/c1-30-18-5-2-4-16(14-18)22(28)25-17-7-8-20(19(24)15-17)26-9-11-27(12-10-26)23(29)21-6-3-13-31-21/h2-8,13-15H,9-12H2,1H3,(H,25,28). The lowest BCUT2D eigenvalue weighted by Gasteiger charge is -2.36. The highest BCUT2D eigenvalue weighted by molar-refractivity contribution is 6.33. The molecule has 160 valence electrons. The average molecular weight is 440 g/mol. The Balaban J connectivity index is 1.39. The van der Waals surface area contributed by atoms with Crippen LogP contribution in [0.25, 0.3) is 0 Å². The fourth-order valence-electron chi connectivity index (χ4n) is 3.52. The Bertz CT molecular complexity index is 1080. The van der Waals surface area contributed by atoms with Gasteiger partial charge in [0.1, 0.15) is 5.75 Å². The molecule has 0 radical (unpaired) electrons. The molecule has 1 saturated heterocycles. The van der Waals surface area contributed by atoms with Crippen molar-refractivity contribution in [2.45, 2.75) is 0 Å². The molecule has 0 unspecified atom stereocenters. The van der Waals surface area contributed by atoms with Gasteiger partial charge in [0, 0.05) is 37.4 Å². The van der Waals surface area contributed by atoms with E-state index in [-0.39, 0.29) is 11.8 Å². The monoisotopic (exact) mass is 439 g/mol. The molecule has 4 rings (SSSR count). The van der Waals surface area contributed by atoms with E-state index in [0.717, 1.165) is 5.69 Å². The molecule has 3 aromatic rings. The molecule has 31 heavy (non-hydrogen) atoms. The smallest absolute Gasteiger partial charge is 0.289 e. The number of amides is 2. The number of hydrogen-bond acceptors (Lipinski definition) is 5. The first kappa shape index (κ1) is 20.8. The van der Waals surface area contributed by atoms with Crippen LogP contribution in [-0.4, -0.2) is 50.0 Å². The van der Waals surface area contributed by atoms with Gasteiger partial charge in [0.15, 0.2) is 5.76 Å². The molecule has 1 aliphatic heterocycles. The van der Waals surface area contributed by atoms with Gasteiger partial charge in [0.25, 0.3) is 11.8 Å². The lowest BCUT2D eigenvalue weighted by molar-refractivity contribution is 0.0714. The summed E-state index contributed by atoms with van der Waals surface area (Å²) in [5, 5.41) is 3.39. The molecular weight excluding hydrogens is 418 g/mol. The predicted molar refractivity (Wildman–Crippen MR) is 119 cm³/mol. The Hall–Kier alpha value is -3.45. The van der Waals surface area contributed by atoms with Gasteiger partial charge in [-0.25, -0.2) is 0 Å². The molecule has 1 N–H and O–H groups in total. The third-order valence-electron chi connectivity index (χ3n) is 5.18. The number of carbonyl (C=O) groups is 2. The van der Waals surface area contributed by atoms with Crippen LogP contribution in [0.15, 0.2) is 65.3 Å². The van der Waals surface area contributed by atoms with E-state index in [1.807, 2.05) is 12.1 Å². The van der Waals surface area contributed by atoms with Crippen molar-refractivity contribution in [1.82, 2.24) is 4.90 Å². The molecule has 0 atom stereocenters. The summed E-state index contributed by atoms with van der Waals surface area (Å²) in [6, 6.07) is 15.8. The number of nitrogens with zero attached hydrogens (tertiary/aromatic N) is 2. The van der Waals surface area contributed by atoms with Crippen LogP contribution >= 0.6 is 11.6 Å². The van der Waals surface area contributed by atoms with Crippen LogP contribution in [0.1, 0.15) is 20.9 Å². The van der Waals surface area contributed by atoms with E-state index >= 15 is 0 Å². The fraction of sp³-hybridized carbons (Fsp3) is 0.217. The van der Waals surface area contributed by atoms with Gasteiger partial charge in [-0.15, -0.1) is 0 Å². The predicted octanol–water partition coefficient (Wildman–Crippen LogP) is 4.16. The minimum Gasteiger partial charge on any atom is -0.497 e. The maximum absolute atomic E-state index is 12.5. The Kier molecular flexibility index (Phi) is 6.13. The molecule has 1 aliphatic rings. The Labute approximate surface area is 185 Å². The summed E-state index contributed by atoms with van der Waals surface area (Å²) in [6.07, 6.45) is 1.50. The zero-order valence-corrected chi connectivity index (χ0v) is 17.8. The summed E-state index contributed by atoms with van der Waals surface area (Å²) in [7, 11) is 1.56. The van der Waals surface area contributed by atoms with Crippen molar-refractivity contribution in [1.29, 1.82) is 0 Å².